The lowest BCUT2D eigenvalue weighted by Crippen LogP contribution is -2.54. The Balaban J connectivity index is 1.29. The molecule has 216 valence electrons. The molecule has 2 fully saturated rings. The van der Waals surface area contributed by atoms with Crippen LogP contribution >= 0.6 is 0 Å². The molecule has 8 nitrogen and oxygen atoms in total. The lowest BCUT2D eigenvalue weighted by Gasteiger charge is -2.43. The molecule has 1 aliphatic carbocycles. The van der Waals surface area contributed by atoms with Crippen molar-refractivity contribution in [3.05, 3.63) is 72.8 Å². The van der Waals surface area contributed by atoms with Gasteiger partial charge in [-0.1, -0.05) is 24.3 Å². The maximum Gasteiger partial charge on any atom is 0.573 e. The molecule has 0 aromatic heterocycles. The number of rotatable bonds is 7. The number of alkyl halides is 3. The normalized spacial score (nSPS) is 23.7. The van der Waals surface area contributed by atoms with Gasteiger partial charge in [0.25, 0.3) is 0 Å². The first-order chi connectivity index (χ1) is 19.7. The van der Waals surface area contributed by atoms with Crippen molar-refractivity contribution in [1.29, 1.82) is 0 Å². The van der Waals surface area contributed by atoms with Crippen molar-refractivity contribution >= 4 is 26.7 Å². The van der Waals surface area contributed by atoms with E-state index in [0.717, 1.165) is 36.3 Å². The van der Waals surface area contributed by atoms with Gasteiger partial charge in [0, 0.05) is 0 Å². The van der Waals surface area contributed by atoms with Gasteiger partial charge in [0.15, 0.2) is 11.5 Å². The maximum atomic E-state index is 14.0. The number of ether oxygens (including phenoxy) is 3. The van der Waals surface area contributed by atoms with E-state index in [1.807, 2.05) is 53.4 Å². The smallest absolute Gasteiger partial charge is 0.453 e. The van der Waals surface area contributed by atoms with E-state index in [2.05, 4.69) is 14.1 Å². The van der Waals surface area contributed by atoms with Crippen molar-refractivity contribution in [3.63, 3.8) is 0 Å². The molecule has 1 saturated heterocycles. The van der Waals surface area contributed by atoms with Gasteiger partial charge in [-0.25, -0.2) is 8.57 Å². The van der Waals surface area contributed by atoms with Crippen LogP contribution in [0.5, 0.6) is 17.2 Å². The molecule has 2 aliphatic heterocycles. The quantitative estimate of drug-likeness (QED) is 0.273. The number of nitrogens with zero attached hydrogens (tertiary/aromatic N) is 3. The Hall–Kier alpha value is -3.61. The standard InChI is InChI=1S/C29H28F3N3O5S/c30-29(31,32)40-20-11-13-21(14-12-20)41(37,34-15-19-9-10-19)18-33-22-16-38-17-25(28(22)36)35-23-5-1-3-7-26(23)39-27-8-4-2-6-24(27)35/h1-8,11-14,18-19,22,25,28,36H,9-10,15-17H2/b33-18-/t22-,25-,28-,41?/m1/s1. The van der Waals surface area contributed by atoms with Crippen molar-refractivity contribution in [2.75, 3.05) is 24.7 Å². The van der Waals surface area contributed by atoms with Crippen LogP contribution in [-0.4, -0.2) is 59.2 Å². The van der Waals surface area contributed by atoms with Crippen molar-refractivity contribution in [2.45, 2.75) is 42.3 Å². The van der Waals surface area contributed by atoms with Crippen molar-refractivity contribution < 1.29 is 36.7 Å². The van der Waals surface area contributed by atoms with Crippen LogP contribution in [-0.2, 0) is 14.5 Å². The minimum absolute atomic E-state index is 0.0955. The Kier molecular flexibility index (Phi) is 7.39. The van der Waals surface area contributed by atoms with Gasteiger partial charge in [-0.2, -0.15) is 0 Å². The molecule has 2 heterocycles. The lowest BCUT2D eigenvalue weighted by molar-refractivity contribution is -0.274. The second kappa shape index (κ2) is 11.0. The number of hydrogen-bond donors (Lipinski definition) is 1. The van der Waals surface area contributed by atoms with Crippen LogP contribution in [0.15, 0.2) is 87.0 Å². The predicted molar refractivity (Wildman–Crippen MR) is 148 cm³/mol. The number of para-hydroxylation sites is 4. The summed E-state index contributed by atoms with van der Waals surface area (Å²) in [5, 5.41) is 11.5. The Morgan fingerprint density at radius 2 is 1.61 bits per heavy atom. The highest BCUT2D eigenvalue weighted by atomic mass is 32.2. The molecule has 12 heteroatoms. The fourth-order valence-electron chi connectivity index (χ4n) is 4.89. The highest BCUT2D eigenvalue weighted by Gasteiger charge is 2.40. The van der Waals surface area contributed by atoms with Gasteiger partial charge in [-0.3, -0.25) is 4.99 Å². The fourth-order valence-corrected chi connectivity index (χ4v) is 6.51. The van der Waals surface area contributed by atoms with Crippen LogP contribution in [0.25, 0.3) is 0 Å². The van der Waals surface area contributed by atoms with Gasteiger partial charge in [-0.05, 0) is 67.3 Å². The Morgan fingerprint density at radius 1 is 0.976 bits per heavy atom. The number of hydrogen-bond acceptors (Lipinski definition) is 8. The van der Waals surface area contributed by atoms with Gasteiger partial charge in [0.05, 0.1) is 47.6 Å². The van der Waals surface area contributed by atoms with Crippen molar-refractivity contribution in [3.8, 4) is 17.2 Å². The molecule has 0 radical (unpaired) electrons. The summed E-state index contributed by atoms with van der Waals surface area (Å²) in [6, 6.07) is 18.5. The highest BCUT2D eigenvalue weighted by Crippen LogP contribution is 2.48. The minimum atomic E-state index is -4.84. The zero-order valence-corrected chi connectivity index (χ0v) is 22.6. The van der Waals surface area contributed by atoms with Gasteiger partial charge in [0.1, 0.15) is 27.6 Å². The number of aliphatic hydroxyl groups is 1. The Labute approximate surface area is 235 Å². The largest absolute Gasteiger partial charge is 0.573 e. The van der Waals surface area contributed by atoms with Crippen LogP contribution in [0, 0.1) is 5.92 Å². The first kappa shape index (κ1) is 27.6. The SMILES string of the molecule is O=S(/C=N\[C@@H]1COC[C@@H](N2c3ccccc3Oc3ccccc32)[C@@H]1O)(=NCC1CC1)c1ccc(OC(F)(F)F)cc1. The lowest BCUT2D eigenvalue weighted by atomic mass is 9.98. The molecule has 4 atom stereocenters. The van der Waals surface area contributed by atoms with Gasteiger partial charge in [-0.15, -0.1) is 13.2 Å². The van der Waals surface area contributed by atoms with E-state index in [9.17, 15) is 22.5 Å². The van der Waals surface area contributed by atoms with E-state index in [1.165, 1.54) is 17.7 Å². The average Bonchev–Trinajstić information content (AvgIpc) is 3.79. The number of halogens is 3. The number of aliphatic imine (C=N–C) groups is 1. The Bertz CT molecular complexity index is 1510. The summed E-state index contributed by atoms with van der Waals surface area (Å²) in [7, 11) is -3.25. The molecule has 41 heavy (non-hydrogen) atoms. The molecular formula is C29H28F3N3O5S. The zero-order chi connectivity index (χ0) is 28.6. The summed E-state index contributed by atoms with van der Waals surface area (Å²) < 4.78 is 72.3. The van der Waals surface area contributed by atoms with E-state index in [4.69, 9.17) is 9.47 Å². The number of fused-ring (bicyclic) bond motifs is 2. The third-order valence-corrected chi connectivity index (χ3v) is 9.07. The van der Waals surface area contributed by atoms with Gasteiger partial charge >= 0.3 is 6.36 Å². The summed E-state index contributed by atoms with van der Waals surface area (Å²) in [6.07, 6.45) is -3.88. The maximum absolute atomic E-state index is 14.0. The third kappa shape index (κ3) is 6.04. The second-order valence-corrected chi connectivity index (χ2v) is 12.2. The molecule has 0 spiro atoms. The summed E-state index contributed by atoms with van der Waals surface area (Å²) >= 11 is 0. The molecule has 1 N–H and O–H groups in total. The minimum Gasteiger partial charge on any atom is -0.453 e. The summed E-state index contributed by atoms with van der Waals surface area (Å²) in [6.45, 7) is 0.662. The van der Waals surface area contributed by atoms with E-state index in [1.54, 1.807) is 0 Å². The summed E-state index contributed by atoms with van der Waals surface area (Å²) in [5.41, 5.74) is 2.76. The van der Waals surface area contributed by atoms with Gasteiger partial charge in [0.2, 0.25) is 0 Å². The fraction of sp³-hybridized carbons (Fsp3) is 0.345. The number of aliphatic hydroxyl groups excluding tert-OH is 1. The van der Waals surface area contributed by atoms with E-state index in [0.29, 0.717) is 24.0 Å². The molecule has 6 rings (SSSR count). The molecule has 1 unspecified atom stereocenters. The van der Waals surface area contributed by atoms with Crippen LogP contribution in [0.3, 0.4) is 0 Å². The molecular weight excluding hydrogens is 559 g/mol. The molecule has 3 aromatic carbocycles. The number of anilines is 2. The summed E-state index contributed by atoms with van der Waals surface area (Å²) in [5.74, 6) is 1.19. The van der Waals surface area contributed by atoms with E-state index < -0.39 is 40.0 Å². The highest BCUT2D eigenvalue weighted by molar-refractivity contribution is 8.06. The van der Waals surface area contributed by atoms with E-state index >= 15 is 0 Å². The van der Waals surface area contributed by atoms with E-state index in [-0.39, 0.29) is 18.1 Å². The topological polar surface area (TPSA) is 93.0 Å². The first-order valence-corrected chi connectivity index (χ1v) is 14.8. The molecule has 0 bridgehead atoms. The Morgan fingerprint density at radius 3 is 2.22 bits per heavy atom. The molecule has 3 aromatic rings. The molecule has 1 saturated carbocycles. The average molecular weight is 588 g/mol. The number of benzene rings is 3. The van der Waals surface area contributed by atoms with Crippen molar-refractivity contribution in [1.82, 2.24) is 0 Å². The predicted octanol–water partition coefficient (Wildman–Crippen LogP) is 5.92. The molecule has 3 aliphatic rings. The van der Waals surface area contributed by atoms with Gasteiger partial charge < -0.3 is 24.2 Å². The third-order valence-electron chi connectivity index (χ3n) is 7.18. The first-order valence-electron chi connectivity index (χ1n) is 13.2. The van der Waals surface area contributed by atoms with Crippen LogP contribution in [0.4, 0.5) is 24.5 Å². The second-order valence-electron chi connectivity index (χ2n) is 10.2. The molecule has 0 amide bonds. The van der Waals surface area contributed by atoms with Crippen LogP contribution < -0.4 is 14.4 Å². The van der Waals surface area contributed by atoms with Crippen LogP contribution in [0.1, 0.15) is 12.8 Å². The summed E-state index contributed by atoms with van der Waals surface area (Å²) in [4.78, 5) is 6.70. The zero-order valence-electron chi connectivity index (χ0n) is 21.8. The van der Waals surface area contributed by atoms with Crippen LogP contribution in [0.2, 0.25) is 0 Å². The monoisotopic (exact) mass is 587 g/mol. The van der Waals surface area contributed by atoms with Crippen molar-refractivity contribution in [2.24, 2.45) is 15.3 Å².